The zero-order chi connectivity index (χ0) is 27.8. The molecule has 1 N–H and O–H groups in total. The highest BCUT2D eigenvalue weighted by molar-refractivity contribution is 6.30. The topological polar surface area (TPSA) is 89.7 Å². The van der Waals surface area contributed by atoms with Crippen molar-refractivity contribution in [1.29, 1.82) is 0 Å². The van der Waals surface area contributed by atoms with Crippen LogP contribution in [0.2, 0.25) is 5.02 Å². The van der Waals surface area contributed by atoms with Crippen molar-refractivity contribution < 1.29 is 28.2 Å². The van der Waals surface area contributed by atoms with Gasteiger partial charge >= 0.3 is 5.97 Å². The Labute approximate surface area is 234 Å². The lowest BCUT2D eigenvalue weighted by atomic mass is 10.0. The van der Waals surface area contributed by atoms with E-state index in [0.29, 0.717) is 41.8 Å². The Morgan fingerprint density at radius 1 is 1.12 bits per heavy atom. The number of carboxylic acid groups (broad SMARTS) is 1. The number of rotatable bonds is 9. The van der Waals surface area contributed by atoms with Gasteiger partial charge in [0, 0.05) is 29.8 Å². The number of aromatic carboxylic acids is 1. The van der Waals surface area contributed by atoms with Crippen LogP contribution in [0.3, 0.4) is 0 Å². The summed E-state index contributed by atoms with van der Waals surface area (Å²) in [6.07, 6.45) is 1.77. The van der Waals surface area contributed by atoms with Crippen LogP contribution >= 0.6 is 11.6 Å². The summed E-state index contributed by atoms with van der Waals surface area (Å²) >= 11 is 5.81. The van der Waals surface area contributed by atoms with Gasteiger partial charge in [-0.3, -0.25) is 9.88 Å². The number of fused-ring (bicyclic) bond motifs is 1. The largest absolute Gasteiger partial charge is 0.484 e. The summed E-state index contributed by atoms with van der Waals surface area (Å²) in [5.74, 6) is -1.39. The van der Waals surface area contributed by atoms with E-state index in [4.69, 9.17) is 26.1 Å². The molecule has 0 aliphatic carbocycles. The minimum atomic E-state index is -1.18. The first-order chi connectivity index (χ1) is 19.3. The SMILES string of the molecule is O=C(O)c1cc(F)c2nc(CN3CC[C@@H](c4cccc(COc5ccc(Cl)cc5F)n4)C3)n(CC3CCO3)c2c1. The van der Waals surface area contributed by atoms with Gasteiger partial charge < -0.3 is 19.1 Å². The summed E-state index contributed by atoms with van der Waals surface area (Å²) in [7, 11) is 0. The fourth-order valence-corrected chi connectivity index (χ4v) is 5.44. The van der Waals surface area contributed by atoms with Crippen molar-refractivity contribution in [3.63, 3.8) is 0 Å². The van der Waals surface area contributed by atoms with Crippen LogP contribution < -0.4 is 4.74 Å². The van der Waals surface area contributed by atoms with Crippen LogP contribution in [-0.2, 0) is 24.4 Å². The fraction of sp³-hybridized carbons (Fsp3) is 0.345. The summed E-state index contributed by atoms with van der Waals surface area (Å²) in [5, 5.41) is 9.75. The average Bonchev–Trinajstić information content (AvgIpc) is 3.51. The molecule has 11 heteroatoms. The predicted octanol–water partition coefficient (Wildman–Crippen LogP) is 5.42. The molecular weight excluding hydrogens is 542 g/mol. The van der Waals surface area contributed by atoms with E-state index in [2.05, 4.69) is 9.88 Å². The van der Waals surface area contributed by atoms with Gasteiger partial charge in [-0.05, 0) is 61.9 Å². The summed E-state index contributed by atoms with van der Waals surface area (Å²) < 4.78 is 42.1. The first kappa shape index (κ1) is 26.6. The normalized spacial score (nSPS) is 19.2. The number of hydrogen-bond donors (Lipinski definition) is 1. The molecule has 0 radical (unpaired) electrons. The van der Waals surface area contributed by atoms with Crippen LogP contribution in [0.25, 0.3) is 11.0 Å². The van der Waals surface area contributed by atoms with Crippen molar-refractivity contribution in [2.45, 2.75) is 44.6 Å². The lowest BCUT2D eigenvalue weighted by Gasteiger charge is -2.28. The zero-order valence-corrected chi connectivity index (χ0v) is 22.3. The maximum atomic E-state index is 14.9. The molecule has 2 aliphatic heterocycles. The summed E-state index contributed by atoms with van der Waals surface area (Å²) in [6.45, 7) is 3.31. The van der Waals surface area contributed by atoms with Crippen molar-refractivity contribution in [2.24, 2.45) is 0 Å². The van der Waals surface area contributed by atoms with Crippen molar-refractivity contribution in [3.05, 3.63) is 88.0 Å². The first-order valence-electron chi connectivity index (χ1n) is 13.1. The molecule has 0 bridgehead atoms. The second-order valence-corrected chi connectivity index (χ2v) is 10.6. The number of halogens is 3. The molecule has 2 atom stereocenters. The predicted molar refractivity (Wildman–Crippen MR) is 144 cm³/mol. The van der Waals surface area contributed by atoms with E-state index in [9.17, 15) is 18.7 Å². The lowest BCUT2D eigenvalue weighted by molar-refractivity contribution is -0.0591. The lowest BCUT2D eigenvalue weighted by Crippen LogP contribution is -2.32. The van der Waals surface area contributed by atoms with E-state index < -0.39 is 17.6 Å². The third-order valence-electron chi connectivity index (χ3n) is 7.47. The highest BCUT2D eigenvalue weighted by Gasteiger charge is 2.29. The number of nitrogens with zero attached hydrogens (tertiary/aromatic N) is 4. The number of carbonyl (C=O) groups is 1. The highest BCUT2D eigenvalue weighted by Crippen LogP contribution is 2.30. The van der Waals surface area contributed by atoms with Gasteiger partial charge in [-0.25, -0.2) is 18.6 Å². The minimum absolute atomic E-state index is 0.00507. The van der Waals surface area contributed by atoms with Crippen molar-refractivity contribution in [1.82, 2.24) is 19.4 Å². The minimum Gasteiger partial charge on any atom is -0.484 e. The van der Waals surface area contributed by atoms with Crippen LogP contribution in [0.1, 0.15) is 46.3 Å². The Morgan fingerprint density at radius 3 is 2.73 bits per heavy atom. The number of pyridine rings is 1. The average molecular weight is 569 g/mol. The number of benzene rings is 2. The number of hydrogen-bond acceptors (Lipinski definition) is 6. The van der Waals surface area contributed by atoms with Gasteiger partial charge in [-0.15, -0.1) is 0 Å². The van der Waals surface area contributed by atoms with Crippen LogP contribution in [0.4, 0.5) is 8.78 Å². The van der Waals surface area contributed by atoms with Crippen LogP contribution in [0.15, 0.2) is 48.5 Å². The fourth-order valence-electron chi connectivity index (χ4n) is 5.28. The van der Waals surface area contributed by atoms with Crippen molar-refractivity contribution >= 4 is 28.6 Å². The second-order valence-electron chi connectivity index (χ2n) is 10.2. The Morgan fingerprint density at radius 2 is 1.98 bits per heavy atom. The Bertz CT molecular complexity index is 1580. The smallest absolute Gasteiger partial charge is 0.335 e. The van der Waals surface area contributed by atoms with Gasteiger partial charge in [-0.2, -0.15) is 0 Å². The molecule has 2 aromatic heterocycles. The number of carboxylic acids is 1. The molecule has 2 fully saturated rings. The maximum absolute atomic E-state index is 14.9. The van der Waals surface area contributed by atoms with Crippen LogP contribution in [-0.4, -0.2) is 56.3 Å². The monoisotopic (exact) mass is 568 g/mol. The van der Waals surface area contributed by atoms with E-state index in [-0.39, 0.29) is 35.5 Å². The molecule has 0 spiro atoms. The van der Waals surface area contributed by atoms with E-state index in [1.165, 1.54) is 18.2 Å². The van der Waals surface area contributed by atoms with Crippen molar-refractivity contribution in [3.8, 4) is 5.75 Å². The number of imidazole rings is 1. The standard InChI is InChI=1S/C29H27ClF2N4O4/c30-19-4-5-26(22(31)12-19)40-16-20-2-1-3-24(33-20)17-6-8-35(13-17)15-27-34-28-23(32)10-18(29(37)38)11-25(28)36(27)14-21-7-9-39-21/h1-5,10-12,17,21H,6-9,13-16H2,(H,37,38)/t17-,21?/m1/s1. The number of aromatic nitrogens is 3. The summed E-state index contributed by atoms with van der Waals surface area (Å²) in [5.41, 5.74) is 2.14. The molecule has 0 saturated carbocycles. The van der Waals surface area contributed by atoms with Gasteiger partial charge in [0.25, 0.3) is 0 Å². The Kier molecular flexibility index (Phi) is 7.39. The molecule has 8 nitrogen and oxygen atoms in total. The molecule has 4 aromatic rings. The summed E-state index contributed by atoms with van der Waals surface area (Å²) in [4.78, 5) is 23.2. The molecule has 6 rings (SSSR count). The first-order valence-corrected chi connectivity index (χ1v) is 13.5. The third-order valence-corrected chi connectivity index (χ3v) is 7.70. The summed E-state index contributed by atoms with van der Waals surface area (Å²) in [6, 6.07) is 12.5. The van der Waals surface area contributed by atoms with Gasteiger partial charge in [-0.1, -0.05) is 17.7 Å². The quantitative estimate of drug-likeness (QED) is 0.288. The molecular formula is C29H27ClF2N4O4. The molecule has 2 aromatic carbocycles. The molecule has 208 valence electrons. The van der Waals surface area contributed by atoms with E-state index in [1.807, 2.05) is 22.8 Å². The number of ether oxygens (including phenoxy) is 2. The van der Waals surface area contributed by atoms with E-state index in [0.717, 1.165) is 37.7 Å². The van der Waals surface area contributed by atoms with Gasteiger partial charge in [0.15, 0.2) is 17.4 Å². The highest BCUT2D eigenvalue weighted by atomic mass is 35.5. The number of likely N-dealkylation sites (tertiary alicyclic amines) is 1. The van der Waals surface area contributed by atoms with Crippen molar-refractivity contribution in [2.75, 3.05) is 19.7 Å². The zero-order valence-electron chi connectivity index (χ0n) is 21.5. The van der Waals surface area contributed by atoms with Crippen LogP contribution in [0.5, 0.6) is 5.75 Å². The second kappa shape index (κ2) is 11.1. The molecule has 0 amide bonds. The van der Waals surface area contributed by atoms with Gasteiger partial charge in [0.1, 0.15) is 17.9 Å². The van der Waals surface area contributed by atoms with Gasteiger partial charge in [0.2, 0.25) is 0 Å². The molecule has 2 saturated heterocycles. The molecule has 40 heavy (non-hydrogen) atoms. The molecule has 1 unspecified atom stereocenters. The van der Waals surface area contributed by atoms with Crippen LogP contribution in [0, 0.1) is 11.6 Å². The Balaban J connectivity index is 1.17. The van der Waals surface area contributed by atoms with E-state index >= 15 is 0 Å². The van der Waals surface area contributed by atoms with E-state index in [1.54, 1.807) is 6.07 Å². The third kappa shape index (κ3) is 5.52. The Hall–Kier alpha value is -3.60. The van der Waals surface area contributed by atoms with Gasteiger partial charge in [0.05, 0.1) is 36.0 Å². The molecule has 4 heterocycles. The maximum Gasteiger partial charge on any atom is 0.335 e. The molecule has 2 aliphatic rings.